The van der Waals surface area contributed by atoms with Crippen molar-refractivity contribution < 1.29 is 8.42 Å². The highest BCUT2D eigenvalue weighted by atomic mass is 32.2. The number of nitrogens with zero attached hydrogens (tertiary/aromatic N) is 4. The monoisotopic (exact) mass is 388 g/mol. The minimum atomic E-state index is -3.56. The van der Waals surface area contributed by atoms with Gasteiger partial charge in [-0.1, -0.05) is 25.1 Å². The summed E-state index contributed by atoms with van der Waals surface area (Å²) < 4.78 is 27.9. The van der Waals surface area contributed by atoms with E-state index in [1.807, 2.05) is 18.2 Å². The van der Waals surface area contributed by atoms with E-state index in [1.54, 1.807) is 34.0 Å². The van der Waals surface area contributed by atoms with Gasteiger partial charge >= 0.3 is 0 Å². The fourth-order valence-corrected chi connectivity index (χ4v) is 5.93. The Bertz CT molecular complexity index is 1020. The number of aryl methyl sites for hydroxylation is 1. The molecule has 1 fully saturated rings. The molecule has 2 aromatic heterocycles. The number of hydrogen-bond donors (Lipinski definition) is 0. The molecule has 0 spiro atoms. The first kappa shape index (κ1) is 17.5. The molecule has 1 aliphatic heterocycles. The van der Waals surface area contributed by atoms with Crippen LogP contribution in [0.15, 0.2) is 41.4 Å². The predicted molar refractivity (Wildman–Crippen MR) is 102 cm³/mol. The number of rotatable bonds is 4. The van der Waals surface area contributed by atoms with Crippen LogP contribution in [0.3, 0.4) is 0 Å². The zero-order valence-electron chi connectivity index (χ0n) is 14.5. The van der Waals surface area contributed by atoms with E-state index in [4.69, 9.17) is 0 Å². The smallest absolute Gasteiger partial charge is 0.245 e. The Hall–Kier alpha value is -1.90. The van der Waals surface area contributed by atoms with Gasteiger partial charge in [0.2, 0.25) is 10.0 Å². The molecule has 0 N–H and O–H groups in total. The van der Waals surface area contributed by atoms with Crippen LogP contribution < -0.4 is 0 Å². The molecule has 136 valence electrons. The fourth-order valence-electron chi connectivity index (χ4n) is 3.34. The zero-order chi connectivity index (χ0) is 18.1. The second-order valence-corrected chi connectivity index (χ2v) is 9.40. The van der Waals surface area contributed by atoms with Crippen molar-refractivity contribution in [3.05, 3.63) is 46.5 Å². The van der Waals surface area contributed by atoms with Crippen LogP contribution in [0.1, 0.15) is 35.7 Å². The first-order valence-corrected chi connectivity index (χ1v) is 11.0. The molecule has 0 bridgehead atoms. The molecule has 0 amide bonds. The van der Waals surface area contributed by atoms with E-state index >= 15 is 0 Å². The van der Waals surface area contributed by atoms with Gasteiger partial charge in [-0.15, -0.1) is 21.5 Å². The number of piperidine rings is 1. The summed E-state index contributed by atoms with van der Waals surface area (Å²) >= 11 is 1.65. The van der Waals surface area contributed by atoms with E-state index in [2.05, 4.69) is 22.1 Å². The highest BCUT2D eigenvalue weighted by Crippen LogP contribution is 2.33. The van der Waals surface area contributed by atoms with E-state index in [0.717, 1.165) is 34.7 Å². The van der Waals surface area contributed by atoms with Crippen LogP contribution in [0.5, 0.6) is 0 Å². The van der Waals surface area contributed by atoms with Crippen molar-refractivity contribution in [2.24, 2.45) is 0 Å². The minimum Gasteiger partial charge on any atom is -0.255 e. The number of para-hydroxylation sites is 1. The topological polar surface area (TPSA) is 76.1 Å². The van der Waals surface area contributed by atoms with E-state index in [0.29, 0.717) is 29.4 Å². The number of aromatic nitrogens is 3. The van der Waals surface area contributed by atoms with Crippen molar-refractivity contribution in [2.45, 2.75) is 37.0 Å². The molecule has 8 heteroatoms. The van der Waals surface area contributed by atoms with Crippen molar-refractivity contribution in [3.63, 3.8) is 0 Å². The predicted octanol–water partition coefficient (Wildman–Crippen LogP) is 3.22. The maximum absolute atomic E-state index is 13.2. The summed E-state index contributed by atoms with van der Waals surface area (Å²) in [7, 11) is -3.56. The quantitative estimate of drug-likeness (QED) is 0.686. The van der Waals surface area contributed by atoms with Crippen LogP contribution in [0, 0.1) is 0 Å². The second-order valence-electron chi connectivity index (χ2n) is 6.40. The molecule has 0 aliphatic carbocycles. The van der Waals surface area contributed by atoms with Gasteiger partial charge in [-0.3, -0.25) is 4.98 Å². The van der Waals surface area contributed by atoms with E-state index in [9.17, 15) is 8.42 Å². The van der Waals surface area contributed by atoms with Gasteiger partial charge in [0.05, 0.1) is 5.52 Å². The van der Waals surface area contributed by atoms with Gasteiger partial charge in [0.25, 0.3) is 0 Å². The maximum Gasteiger partial charge on any atom is 0.245 e. The van der Waals surface area contributed by atoms with E-state index < -0.39 is 10.0 Å². The average molecular weight is 389 g/mol. The standard InChI is InChI=1S/C18H20N4O2S2/c1-2-16-20-21-18(25-16)14-8-11-22(12-9-14)26(23,24)15-7-3-5-13-6-4-10-19-17(13)15/h3-7,10,14H,2,8-9,11-12H2,1H3. The van der Waals surface area contributed by atoms with Gasteiger partial charge in [0.15, 0.2) is 0 Å². The second kappa shape index (κ2) is 7.02. The molecule has 1 saturated heterocycles. The van der Waals surface area contributed by atoms with Gasteiger partial charge in [-0.2, -0.15) is 4.31 Å². The Morgan fingerprint density at radius 3 is 2.65 bits per heavy atom. The SMILES string of the molecule is CCc1nnc(C2CCN(S(=O)(=O)c3cccc4cccnc34)CC2)s1. The zero-order valence-corrected chi connectivity index (χ0v) is 16.1. The van der Waals surface area contributed by atoms with Crippen LogP contribution in [-0.2, 0) is 16.4 Å². The van der Waals surface area contributed by atoms with E-state index in [1.165, 1.54) is 0 Å². The largest absolute Gasteiger partial charge is 0.255 e. The number of benzene rings is 1. The summed E-state index contributed by atoms with van der Waals surface area (Å²) in [6.45, 7) is 3.06. The van der Waals surface area contributed by atoms with Crippen LogP contribution in [0.4, 0.5) is 0 Å². The van der Waals surface area contributed by atoms with Gasteiger partial charge in [-0.05, 0) is 31.4 Å². The van der Waals surface area contributed by atoms with Crippen molar-refractivity contribution in [3.8, 4) is 0 Å². The summed E-state index contributed by atoms with van der Waals surface area (Å²) in [5.41, 5.74) is 0.536. The Kier molecular flexibility index (Phi) is 4.73. The molecule has 0 unspecified atom stereocenters. The number of pyridine rings is 1. The molecule has 26 heavy (non-hydrogen) atoms. The highest BCUT2D eigenvalue weighted by molar-refractivity contribution is 7.89. The lowest BCUT2D eigenvalue weighted by atomic mass is 9.99. The number of fused-ring (bicyclic) bond motifs is 1. The lowest BCUT2D eigenvalue weighted by Gasteiger charge is -2.30. The Balaban J connectivity index is 1.56. The number of hydrogen-bond acceptors (Lipinski definition) is 6. The highest BCUT2D eigenvalue weighted by Gasteiger charge is 2.32. The molecular weight excluding hydrogens is 368 g/mol. The molecule has 6 nitrogen and oxygen atoms in total. The lowest BCUT2D eigenvalue weighted by Crippen LogP contribution is -2.38. The molecule has 3 heterocycles. The van der Waals surface area contributed by atoms with Crippen molar-refractivity contribution >= 4 is 32.3 Å². The third-order valence-electron chi connectivity index (χ3n) is 4.80. The van der Waals surface area contributed by atoms with Gasteiger partial charge in [-0.25, -0.2) is 8.42 Å². The third-order valence-corrected chi connectivity index (χ3v) is 7.96. The molecule has 3 aromatic rings. The molecule has 1 aliphatic rings. The summed E-state index contributed by atoms with van der Waals surface area (Å²) in [5.74, 6) is 0.296. The van der Waals surface area contributed by atoms with Crippen molar-refractivity contribution in [2.75, 3.05) is 13.1 Å². The average Bonchev–Trinajstić information content (AvgIpc) is 3.17. The van der Waals surface area contributed by atoms with Gasteiger partial charge in [0, 0.05) is 30.6 Å². The molecule has 0 atom stereocenters. The first-order valence-electron chi connectivity index (χ1n) is 8.75. The summed E-state index contributed by atoms with van der Waals surface area (Å²) in [4.78, 5) is 4.58. The third kappa shape index (κ3) is 3.13. The lowest BCUT2D eigenvalue weighted by molar-refractivity contribution is 0.318. The van der Waals surface area contributed by atoms with Crippen LogP contribution in [0.2, 0.25) is 0 Å². The maximum atomic E-state index is 13.2. The molecule has 0 saturated carbocycles. The minimum absolute atomic E-state index is 0.290. The van der Waals surface area contributed by atoms with Gasteiger partial charge in [0.1, 0.15) is 14.9 Å². The summed E-state index contributed by atoms with van der Waals surface area (Å²) in [6, 6.07) is 9.01. The molecule has 1 aromatic carbocycles. The van der Waals surface area contributed by atoms with Crippen LogP contribution in [0.25, 0.3) is 10.9 Å². The Morgan fingerprint density at radius 1 is 1.15 bits per heavy atom. The van der Waals surface area contributed by atoms with Crippen molar-refractivity contribution in [1.29, 1.82) is 0 Å². The van der Waals surface area contributed by atoms with Crippen molar-refractivity contribution in [1.82, 2.24) is 19.5 Å². The Morgan fingerprint density at radius 2 is 1.92 bits per heavy atom. The van der Waals surface area contributed by atoms with E-state index in [-0.39, 0.29) is 0 Å². The summed E-state index contributed by atoms with van der Waals surface area (Å²) in [5, 5.41) is 11.4. The fraction of sp³-hybridized carbons (Fsp3) is 0.389. The summed E-state index contributed by atoms with van der Waals surface area (Å²) in [6.07, 6.45) is 4.07. The van der Waals surface area contributed by atoms with Crippen LogP contribution >= 0.6 is 11.3 Å². The molecule has 0 radical (unpaired) electrons. The molecule has 4 rings (SSSR count). The Labute approximate surface area is 157 Å². The van der Waals surface area contributed by atoms with Crippen LogP contribution in [-0.4, -0.2) is 41.0 Å². The normalized spacial score (nSPS) is 17.0. The van der Waals surface area contributed by atoms with Gasteiger partial charge < -0.3 is 0 Å². The first-order chi connectivity index (χ1) is 12.6. The molecular formula is C18H20N4O2S2. The number of sulfonamides is 1.